The summed E-state index contributed by atoms with van der Waals surface area (Å²) in [5, 5.41) is 0. The minimum Gasteiger partial charge on any atom is -0.457 e. The van der Waals surface area contributed by atoms with E-state index in [2.05, 4.69) is 64.1 Å². The summed E-state index contributed by atoms with van der Waals surface area (Å²) in [6.07, 6.45) is 21.3. The van der Waals surface area contributed by atoms with Crippen LogP contribution in [0.1, 0.15) is 126 Å². The average Bonchev–Trinajstić information content (AvgIpc) is 2.85. The Morgan fingerprint density at radius 3 is 1.23 bits per heavy atom. The standard InChI is InChI=1S/C33H52O2/c1-5-7-9-11-13-15-17-19-30-21-23-32(28(3)25-30)34-27-35-33-24-22-31(26-29(33)4)20-18-16-14-12-10-8-6-2/h21-26H,5-20,27H2,1-4H3. The number of hydrogen-bond donors (Lipinski definition) is 0. The van der Waals surface area contributed by atoms with Crippen LogP contribution in [0.25, 0.3) is 0 Å². The summed E-state index contributed by atoms with van der Waals surface area (Å²) in [6.45, 7) is 9.06. The smallest absolute Gasteiger partial charge is 0.230 e. The predicted octanol–water partition coefficient (Wildman–Crippen LogP) is 10.3. The molecule has 2 heteroatoms. The van der Waals surface area contributed by atoms with Gasteiger partial charge in [0, 0.05) is 0 Å². The molecule has 2 rings (SSSR count). The summed E-state index contributed by atoms with van der Waals surface area (Å²) < 4.78 is 11.9. The van der Waals surface area contributed by atoms with Gasteiger partial charge in [-0.25, -0.2) is 0 Å². The number of ether oxygens (including phenoxy) is 2. The molecule has 0 saturated heterocycles. The molecule has 0 bridgehead atoms. The van der Waals surface area contributed by atoms with Crippen molar-refractivity contribution in [1.29, 1.82) is 0 Å². The quantitative estimate of drug-likeness (QED) is 0.139. The monoisotopic (exact) mass is 480 g/mol. The summed E-state index contributed by atoms with van der Waals surface area (Å²) in [7, 11) is 0. The fourth-order valence-corrected chi connectivity index (χ4v) is 4.79. The second kappa shape index (κ2) is 18.3. The van der Waals surface area contributed by atoms with Crippen LogP contribution in [0.5, 0.6) is 11.5 Å². The highest BCUT2D eigenvalue weighted by Crippen LogP contribution is 2.23. The molecule has 0 aliphatic heterocycles. The molecular weight excluding hydrogens is 428 g/mol. The fraction of sp³-hybridized carbons (Fsp3) is 0.636. The van der Waals surface area contributed by atoms with E-state index in [1.165, 1.54) is 112 Å². The summed E-state index contributed by atoms with van der Waals surface area (Å²) >= 11 is 0. The molecule has 0 fully saturated rings. The van der Waals surface area contributed by atoms with E-state index in [9.17, 15) is 0 Å². The topological polar surface area (TPSA) is 18.5 Å². The van der Waals surface area contributed by atoms with Crippen molar-refractivity contribution in [2.24, 2.45) is 0 Å². The van der Waals surface area contributed by atoms with Gasteiger partial charge in [-0.05, 0) is 73.9 Å². The first-order chi connectivity index (χ1) is 17.1. The predicted molar refractivity (Wildman–Crippen MR) is 152 cm³/mol. The molecule has 2 aromatic carbocycles. The first-order valence-corrected chi connectivity index (χ1v) is 14.6. The molecule has 0 radical (unpaired) electrons. The number of rotatable bonds is 20. The van der Waals surface area contributed by atoms with Crippen LogP contribution >= 0.6 is 0 Å². The molecular formula is C33H52O2. The molecule has 35 heavy (non-hydrogen) atoms. The lowest BCUT2D eigenvalue weighted by Gasteiger charge is -2.14. The number of unbranched alkanes of at least 4 members (excludes halogenated alkanes) is 12. The van der Waals surface area contributed by atoms with Gasteiger partial charge in [-0.2, -0.15) is 0 Å². The first kappa shape index (κ1) is 29.3. The van der Waals surface area contributed by atoms with Gasteiger partial charge in [0.05, 0.1) is 0 Å². The molecule has 0 spiro atoms. The molecule has 2 nitrogen and oxygen atoms in total. The van der Waals surface area contributed by atoms with E-state index in [1.54, 1.807) is 0 Å². The van der Waals surface area contributed by atoms with Crippen molar-refractivity contribution in [1.82, 2.24) is 0 Å². The Morgan fingerprint density at radius 1 is 0.486 bits per heavy atom. The number of hydrogen-bond acceptors (Lipinski definition) is 2. The van der Waals surface area contributed by atoms with E-state index in [4.69, 9.17) is 9.47 Å². The van der Waals surface area contributed by atoms with Gasteiger partial charge in [-0.3, -0.25) is 0 Å². The van der Waals surface area contributed by atoms with Crippen LogP contribution in [0.2, 0.25) is 0 Å². The van der Waals surface area contributed by atoms with Crippen molar-refractivity contribution >= 4 is 0 Å². The van der Waals surface area contributed by atoms with Crippen molar-refractivity contribution in [3.63, 3.8) is 0 Å². The molecule has 0 saturated carbocycles. The van der Waals surface area contributed by atoms with E-state index in [-0.39, 0.29) is 6.79 Å². The van der Waals surface area contributed by atoms with E-state index in [1.807, 2.05) is 0 Å². The van der Waals surface area contributed by atoms with Crippen LogP contribution in [0.4, 0.5) is 0 Å². The Hall–Kier alpha value is -1.96. The Labute approximate surface area is 216 Å². The second-order valence-corrected chi connectivity index (χ2v) is 10.3. The Kier molecular flexibility index (Phi) is 15.3. The highest BCUT2D eigenvalue weighted by Gasteiger charge is 2.05. The van der Waals surface area contributed by atoms with E-state index in [0.717, 1.165) is 24.3 Å². The maximum absolute atomic E-state index is 5.96. The maximum atomic E-state index is 5.96. The minimum absolute atomic E-state index is 0.246. The highest BCUT2D eigenvalue weighted by molar-refractivity contribution is 5.37. The maximum Gasteiger partial charge on any atom is 0.230 e. The van der Waals surface area contributed by atoms with Crippen LogP contribution in [-0.4, -0.2) is 6.79 Å². The van der Waals surface area contributed by atoms with E-state index < -0.39 is 0 Å². The van der Waals surface area contributed by atoms with E-state index in [0.29, 0.717) is 0 Å². The lowest BCUT2D eigenvalue weighted by atomic mass is 10.0. The summed E-state index contributed by atoms with van der Waals surface area (Å²) in [4.78, 5) is 0. The van der Waals surface area contributed by atoms with Gasteiger partial charge in [-0.1, -0.05) is 115 Å². The molecule has 0 aliphatic carbocycles. The molecule has 0 atom stereocenters. The van der Waals surface area contributed by atoms with Gasteiger partial charge in [0.15, 0.2) is 0 Å². The molecule has 0 amide bonds. The van der Waals surface area contributed by atoms with Crippen LogP contribution in [-0.2, 0) is 12.8 Å². The third-order valence-corrected chi connectivity index (χ3v) is 7.05. The van der Waals surface area contributed by atoms with Gasteiger partial charge in [0.1, 0.15) is 11.5 Å². The van der Waals surface area contributed by atoms with Crippen LogP contribution in [0.3, 0.4) is 0 Å². The van der Waals surface area contributed by atoms with Crippen molar-refractivity contribution in [2.75, 3.05) is 6.79 Å². The largest absolute Gasteiger partial charge is 0.457 e. The Morgan fingerprint density at radius 2 is 0.857 bits per heavy atom. The molecule has 0 heterocycles. The minimum atomic E-state index is 0.246. The van der Waals surface area contributed by atoms with Crippen LogP contribution < -0.4 is 9.47 Å². The molecule has 196 valence electrons. The van der Waals surface area contributed by atoms with Crippen molar-refractivity contribution in [3.05, 3.63) is 58.7 Å². The van der Waals surface area contributed by atoms with E-state index >= 15 is 0 Å². The fourth-order valence-electron chi connectivity index (χ4n) is 4.79. The molecule has 0 unspecified atom stereocenters. The second-order valence-electron chi connectivity index (χ2n) is 10.3. The van der Waals surface area contributed by atoms with Gasteiger partial charge in [-0.15, -0.1) is 0 Å². The lowest BCUT2D eigenvalue weighted by molar-refractivity contribution is 0.118. The van der Waals surface area contributed by atoms with Gasteiger partial charge in [0.2, 0.25) is 6.79 Å². The zero-order valence-corrected chi connectivity index (χ0v) is 23.3. The first-order valence-electron chi connectivity index (χ1n) is 14.6. The molecule has 0 aromatic heterocycles. The summed E-state index contributed by atoms with van der Waals surface area (Å²) in [5.74, 6) is 1.84. The van der Waals surface area contributed by atoms with Crippen LogP contribution in [0.15, 0.2) is 36.4 Å². The van der Waals surface area contributed by atoms with Gasteiger partial charge >= 0.3 is 0 Å². The summed E-state index contributed by atoms with van der Waals surface area (Å²) in [5.41, 5.74) is 5.21. The Balaban J connectivity index is 1.66. The molecule has 2 aromatic rings. The highest BCUT2D eigenvalue weighted by atomic mass is 16.7. The zero-order valence-electron chi connectivity index (χ0n) is 23.3. The molecule has 0 aliphatic rings. The SMILES string of the molecule is CCCCCCCCCc1ccc(OCOc2ccc(CCCCCCCCC)cc2C)c(C)c1. The third kappa shape index (κ3) is 12.5. The molecule has 0 N–H and O–H groups in total. The Bertz CT molecular complexity index is 743. The van der Waals surface area contributed by atoms with Crippen molar-refractivity contribution in [3.8, 4) is 11.5 Å². The zero-order chi connectivity index (χ0) is 25.1. The normalized spacial score (nSPS) is 11.1. The van der Waals surface area contributed by atoms with Crippen LogP contribution in [0, 0.1) is 13.8 Å². The van der Waals surface area contributed by atoms with Crippen molar-refractivity contribution < 1.29 is 9.47 Å². The van der Waals surface area contributed by atoms with Gasteiger partial charge in [0.25, 0.3) is 0 Å². The third-order valence-electron chi connectivity index (χ3n) is 7.05. The summed E-state index contributed by atoms with van der Waals surface area (Å²) in [6, 6.07) is 13.2. The lowest BCUT2D eigenvalue weighted by Crippen LogP contribution is -2.07. The number of aryl methyl sites for hydroxylation is 4. The van der Waals surface area contributed by atoms with Gasteiger partial charge < -0.3 is 9.47 Å². The number of benzene rings is 2. The van der Waals surface area contributed by atoms with Crippen molar-refractivity contribution in [2.45, 2.75) is 130 Å². The average molecular weight is 481 g/mol.